The van der Waals surface area contributed by atoms with Gasteiger partial charge in [0.05, 0.1) is 33.9 Å². The van der Waals surface area contributed by atoms with Gasteiger partial charge in [-0.3, -0.25) is 4.79 Å². The highest BCUT2D eigenvalue weighted by Crippen LogP contribution is 2.24. The van der Waals surface area contributed by atoms with Crippen LogP contribution in [0.5, 0.6) is 0 Å². The summed E-state index contributed by atoms with van der Waals surface area (Å²) in [4.78, 5) is 12.5. The minimum absolute atomic E-state index is 0.0104. The summed E-state index contributed by atoms with van der Waals surface area (Å²) in [5, 5.41) is 4.68. The van der Waals surface area contributed by atoms with Crippen molar-refractivity contribution in [3.63, 3.8) is 0 Å². The zero-order valence-electron chi connectivity index (χ0n) is 11.9. The van der Waals surface area contributed by atoms with Crippen LogP contribution in [0.25, 0.3) is 5.69 Å². The number of para-hydroxylation sites is 1. The van der Waals surface area contributed by atoms with Crippen LogP contribution < -0.4 is 0 Å². The SMILES string of the molecule is Cc1c(C(=O)N2CCCS2(=O)=O)cnn1-c1ccccc1Cl. The van der Waals surface area contributed by atoms with Gasteiger partial charge in [-0.25, -0.2) is 17.4 Å². The molecule has 1 aliphatic heterocycles. The molecule has 0 spiro atoms. The third-order valence-electron chi connectivity index (χ3n) is 3.65. The molecule has 116 valence electrons. The van der Waals surface area contributed by atoms with Gasteiger partial charge in [-0.2, -0.15) is 5.10 Å². The lowest BCUT2D eigenvalue weighted by atomic mass is 10.2. The number of carbonyl (C=O) groups excluding carboxylic acids is 1. The molecule has 2 heterocycles. The van der Waals surface area contributed by atoms with Gasteiger partial charge < -0.3 is 0 Å². The Hall–Kier alpha value is -1.86. The van der Waals surface area contributed by atoms with E-state index in [-0.39, 0.29) is 17.9 Å². The number of amides is 1. The quantitative estimate of drug-likeness (QED) is 0.839. The zero-order chi connectivity index (χ0) is 15.9. The molecule has 0 atom stereocenters. The summed E-state index contributed by atoms with van der Waals surface area (Å²) >= 11 is 6.14. The van der Waals surface area contributed by atoms with Gasteiger partial charge in [-0.05, 0) is 25.5 Å². The molecule has 2 aromatic rings. The van der Waals surface area contributed by atoms with Crippen LogP contribution in [0.4, 0.5) is 0 Å². The Morgan fingerprint density at radius 3 is 2.68 bits per heavy atom. The van der Waals surface area contributed by atoms with E-state index < -0.39 is 15.9 Å². The lowest BCUT2D eigenvalue weighted by molar-refractivity contribution is 0.0869. The summed E-state index contributed by atoms with van der Waals surface area (Å²) in [5.74, 6) is -0.524. The Kier molecular flexibility index (Phi) is 3.70. The second-order valence-electron chi connectivity index (χ2n) is 5.05. The molecule has 1 aliphatic rings. The Bertz CT molecular complexity index is 845. The predicted molar refractivity (Wildman–Crippen MR) is 82.8 cm³/mol. The molecule has 8 heteroatoms. The molecule has 1 aromatic carbocycles. The summed E-state index contributed by atoms with van der Waals surface area (Å²) in [6.07, 6.45) is 1.85. The van der Waals surface area contributed by atoms with Gasteiger partial charge in [0, 0.05) is 6.54 Å². The van der Waals surface area contributed by atoms with E-state index in [0.29, 0.717) is 22.8 Å². The van der Waals surface area contributed by atoms with Crippen molar-refractivity contribution in [1.82, 2.24) is 14.1 Å². The Balaban J connectivity index is 2.01. The monoisotopic (exact) mass is 339 g/mol. The first kappa shape index (κ1) is 15.1. The molecule has 0 aliphatic carbocycles. The first-order valence-electron chi connectivity index (χ1n) is 6.76. The second-order valence-corrected chi connectivity index (χ2v) is 7.47. The van der Waals surface area contributed by atoms with Gasteiger partial charge in [0.25, 0.3) is 5.91 Å². The van der Waals surface area contributed by atoms with E-state index in [1.807, 2.05) is 6.07 Å². The lowest BCUT2D eigenvalue weighted by Crippen LogP contribution is -2.32. The van der Waals surface area contributed by atoms with Crippen molar-refractivity contribution in [2.75, 3.05) is 12.3 Å². The smallest absolute Gasteiger partial charge is 0.268 e. The maximum absolute atomic E-state index is 12.5. The van der Waals surface area contributed by atoms with Crippen LogP contribution in [0.3, 0.4) is 0 Å². The van der Waals surface area contributed by atoms with Crippen molar-refractivity contribution in [2.45, 2.75) is 13.3 Å². The molecule has 0 radical (unpaired) electrons. The molecule has 0 saturated carbocycles. The normalized spacial score (nSPS) is 16.9. The van der Waals surface area contributed by atoms with Gasteiger partial charge >= 0.3 is 0 Å². The van der Waals surface area contributed by atoms with Crippen LogP contribution in [0.2, 0.25) is 5.02 Å². The highest BCUT2D eigenvalue weighted by Gasteiger charge is 2.34. The fourth-order valence-electron chi connectivity index (χ4n) is 2.49. The van der Waals surface area contributed by atoms with Crippen molar-refractivity contribution in [3.05, 3.63) is 46.7 Å². The fraction of sp³-hybridized carbons (Fsp3) is 0.286. The van der Waals surface area contributed by atoms with Crippen LogP contribution in [0.15, 0.2) is 30.5 Å². The number of rotatable bonds is 2. The number of hydrogen-bond donors (Lipinski definition) is 0. The highest BCUT2D eigenvalue weighted by atomic mass is 35.5. The molecular formula is C14H14ClN3O3S. The summed E-state index contributed by atoms with van der Waals surface area (Å²) in [6, 6.07) is 7.12. The van der Waals surface area contributed by atoms with Gasteiger partial charge in [0.1, 0.15) is 0 Å². The molecular weight excluding hydrogens is 326 g/mol. The van der Waals surface area contributed by atoms with Crippen LogP contribution >= 0.6 is 11.6 Å². The number of carbonyl (C=O) groups is 1. The topological polar surface area (TPSA) is 72.3 Å². The molecule has 3 rings (SSSR count). The third kappa shape index (κ3) is 2.40. The Morgan fingerprint density at radius 2 is 2.05 bits per heavy atom. The summed E-state index contributed by atoms with van der Waals surface area (Å²) in [7, 11) is -3.49. The van der Waals surface area contributed by atoms with Crippen molar-refractivity contribution >= 4 is 27.5 Å². The minimum Gasteiger partial charge on any atom is -0.268 e. The van der Waals surface area contributed by atoms with E-state index in [2.05, 4.69) is 5.10 Å². The van der Waals surface area contributed by atoms with Crippen LogP contribution in [-0.2, 0) is 10.0 Å². The standard InChI is InChI=1S/C14H14ClN3O3S/c1-10-11(14(19)17-7-4-8-22(17,20)21)9-16-18(10)13-6-3-2-5-12(13)15/h2-3,5-6,9H,4,7-8H2,1H3. The van der Waals surface area contributed by atoms with Gasteiger partial charge in [0.2, 0.25) is 10.0 Å². The first-order chi connectivity index (χ1) is 10.4. The van der Waals surface area contributed by atoms with Crippen molar-refractivity contribution in [1.29, 1.82) is 0 Å². The summed E-state index contributed by atoms with van der Waals surface area (Å²) in [5.41, 5.74) is 1.47. The molecule has 6 nitrogen and oxygen atoms in total. The molecule has 0 unspecified atom stereocenters. The zero-order valence-corrected chi connectivity index (χ0v) is 13.4. The van der Waals surface area contributed by atoms with E-state index in [0.717, 1.165) is 4.31 Å². The predicted octanol–water partition coefficient (Wildman–Crippen LogP) is 2.01. The van der Waals surface area contributed by atoms with Gasteiger partial charge in [-0.1, -0.05) is 23.7 Å². The number of sulfonamides is 1. The molecule has 0 N–H and O–H groups in total. The van der Waals surface area contributed by atoms with E-state index in [1.165, 1.54) is 10.9 Å². The summed E-state index contributed by atoms with van der Waals surface area (Å²) < 4.78 is 26.2. The van der Waals surface area contributed by atoms with E-state index >= 15 is 0 Å². The molecule has 1 aromatic heterocycles. The number of aromatic nitrogens is 2. The van der Waals surface area contributed by atoms with Crippen molar-refractivity contribution < 1.29 is 13.2 Å². The third-order valence-corrected chi connectivity index (χ3v) is 5.79. The van der Waals surface area contributed by atoms with Crippen LogP contribution in [0, 0.1) is 6.92 Å². The van der Waals surface area contributed by atoms with E-state index in [1.54, 1.807) is 25.1 Å². The highest BCUT2D eigenvalue weighted by molar-refractivity contribution is 7.89. The number of hydrogen-bond acceptors (Lipinski definition) is 4. The molecule has 1 fully saturated rings. The van der Waals surface area contributed by atoms with Crippen molar-refractivity contribution in [2.24, 2.45) is 0 Å². The number of halogens is 1. The average Bonchev–Trinajstić information content (AvgIpc) is 3.01. The van der Waals surface area contributed by atoms with E-state index in [4.69, 9.17) is 11.6 Å². The minimum atomic E-state index is -3.49. The Labute approximate surface area is 133 Å². The average molecular weight is 340 g/mol. The molecule has 22 heavy (non-hydrogen) atoms. The molecule has 0 bridgehead atoms. The van der Waals surface area contributed by atoms with E-state index in [9.17, 15) is 13.2 Å². The van der Waals surface area contributed by atoms with Crippen molar-refractivity contribution in [3.8, 4) is 5.69 Å². The van der Waals surface area contributed by atoms with Gasteiger partial charge in [0.15, 0.2) is 0 Å². The summed E-state index contributed by atoms with van der Waals surface area (Å²) in [6.45, 7) is 1.93. The Morgan fingerprint density at radius 1 is 1.32 bits per heavy atom. The van der Waals surface area contributed by atoms with Crippen LogP contribution in [0.1, 0.15) is 22.5 Å². The lowest BCUT2D eigenvalue weighted by Gasteiger charge is -2.14. The maximum atomic E-state index is 12.5. The number of benzene rings is 1. The van der Waals surface area contributed by atoms with Crippen LogP contribution in [-0.4, -0.2) is 40.7 Å². The second kappa shape index (κ2) is 5.40. The first-order valence-corrected chi connectivity index (χ1v) is 8.75. The fourth-order valence-corrected chi connectivity index (χ4v) is 4.18. The number of nitrogens with zero attached hydrogens (tertiary/aromatic N) is 3. The molecule has 1 amide bonds. The van der Waals surface area contributed by atoms with Gasteiger partial charge in [-0.15, -0.1) is 0 Å². The largest absolute Gasteiger partial charge is 0.270 e. The molecule has 1 saturated heterocycles. The maximum Gasteiger partial charge on any atom is 0.270 e.